The first-order chi connectivity index (χ1) is 14.2. The van der Waals surface area contributed by atoms with Gasteiger partial charge in [0.1, 0.15) is 5.75 Å². The Hall–Kier alpha value is -3.16. The Balaban J connectivity index is 0.000000755. The largest absolute Gasteiger partial charge is 0.492 e. The van der Waals surface area contributed by atoms with Gasteiger partial charge in [-0.1, -0.05) is 24.3 Å². The highest BCUT2D eigenvalue weighted by molar-refractivity contribution is 6.01. The molecule has 0 bridgehead atoms. The molecule has 0 radical (unpaired) electrons. The van der Waals surface area contributed by atoms with Crippen LogP contribution in [0.5, 0.6) is 5.75 Å². The first-order valence-electron chi connectivity index (χ1n) is 9.32. The van der Waals surface area contributed by atoms with Gasteiger partial charge in [0, 0.05) is 34.9 Å². The molecule has 1 aliphatic heterocycles. The van der Waals surface area contributed by atoms with Crippen molar-refractivity contribution < 1.29 is 24.1 Å². The molecule has 3 N–H and O–H groups in total. The number of anilines is 1. The van der Waals surface area contributed by atoms with Gasteiger partial charge in [0.25, 0.3) is 6.47 Å². The molecule has 152 valence electrons. The molecular formula is C22H24N2O5. The van der Waals surface area contributed by atoms with Crippen LogP contribution in [0, 0.1) is 5.92 Å². The highest BCUT2D eigenvalue weighted by atomic mass is 16.5. The third-order valence-electron chi connectivity index (χ3n) is 4.58. The van der Waals surface area contributed by atoms with E-state index in [0.717, 1.165) is 27.6 Å². The van der Waals surface area contributed by atoms with E-state index in [9.17, 15) is 0 Å². The minimum Gasteiger partial charge on any atom is -0.492 e. The highest BCUT2D eigenvalue weighted by Crippen LogP contribution is 2.36. The van der Waals surface area contributed by atoms with Crippen LogP contribution in [-0.4, -0.2) is 49.6 Å². The van der Waals surface area contributed by atoms with Crippen LogP contribution in [-0.2, 0) is 14.3 Å². The first kappa shape index (κ1) is 20.6. The lowest BCUT2D eigenvalue weighted by atomic mass is 9.98. The fourth-order valence-electron chi connectivity index (χ4n) is 3.23. The number of nitrogens with zero attached hydrogens (tertiary/aromatic N) is 1. The summed E-state index contributed by atoms with van der Waals surface area (Å²) in [6, 6.07) is 14.1. The van der Waals surface area contributed by atoms with Gasteiger partial charge < -0.3 is 25.1 Å². The predicted octanol–water partition coefficient (Wildman–Crippen LogP) is 3.23. The zero-order valence-corrected chi connectivity index (χ0v) is 16.0. The maximum atomic E-state index is 8.36. The number of fused-ring (bicyclic) bond motifs is 1. The maximum absolute atomic E-state index is 8.36. The molecule has 1 saturated heterocycles. The third-order valence-corrected chi connectivity index (χ3v) is 4.58. The van der Waals surface area contributed by atoms with Crippen LogP contribution in [0.1, 0.15) is 0 Å². The summed E-state index contributed by atoms with van der Waals surface area (Å²) in [6.07, 6.45) is 3.51. The Morgan fingerprint density at radius 2 is 1.76 bits per heavy atom. The average molecular weight is 396 g/mol. The van der Waals surface area contributed by atoms with Crippen LogP contribution in [0.2, 0.25) is 0 Å². The van der Waals surface area contributed by atoms with Gasteiger partial charge in [0.05, 0.1) is 33.0 Å². The number of nitrogens with two attached hydrogens (primary N) is 1. The van der Waals surface area contributed by atoms with Crippen LogP contribution in [0.15, 0.2) is 54.9 Å². The van der Waals surface area contributed by atoms with Gasteiger partial charge in [-0.3, -0.25) is 9.78 Å². The second-order valence-corrected chi connectivity index (χ2v) is 6.55. The van der Waals surface area contributed by atoms with E-state index in [1.807, 2.05) is 30.3 Å². The predicted molar refractivity (Wildman–Crippen MR) is 111 cm³/mol. The zero-order valence-electron chi connectivity index (χ0n) is 16.0. The van der Waals surface area contributed by atoms with Crippen molar-refractivity contribution in [1.29, 1.82) is 0 Å². The molecule has 3 aromatic rings. The van der Waals surface area contributed by atoms with E-state index in [-0.39, 0.29) is 12.4 Å². The summed E-state index contributed by atoms with van der Waals surface area (Å²) in [6.45, 7) is 2.96. The van der Waals surface area contributed by atoms with E-state index >= 15 is 0 Å². The van der Waals surface area contributed by atoms with Crippen LogP contribution < -0.4 is 10.5 Å². The van der Waals surface area contributed by atoms with Crippen molar-refractivity contribution in [2.24, 2.45) is 5.92 Å². The Bertz CT molecular complexity index is 939. The van der Waals surface area contributed by atoms with Crippen molar-refractivity contribution in [3.8, 4) is 16.9 Å². The molecule has 1 aromatic heterocycles. The van der Waals surface area contributed by atoms with Gasteiger partial charge in [-0.15, -0.1) is 0 Å². The minimum atomic E-state index is -0.250. The van der Waals surface area contributed by atoms with Gasteiger partial charge in [0.15, 0.2) is 0 Å². The number of hydrogen-bond donors (Lipinski definition) is 2. The lowest BCUT2D eigenvalue weighted by Gasteiger charge is -2.17. The molecule has 1 fully saturated rings. The fourth-order valence-corrected chi connectivity index (χ4v) is 3.23. The Labute approximate surface area is 169 Å². The molecular weight excluding hydrogens is 372 g/mol. The quantitative estimate of drug-likeness (QED) is 0.653. The molecule has 0 atom stereocenters. The van der Waals surface area contributed by atoms with Gasteiger partial charge >= 0.3 is 0 Å². The molecule has 0 spiro atoms. The average Bonchev–Trinajstić information content (AvgIpc) is 3.02. The Kier molecular flexibility index (Phi) is 7.38. The van der Waals surface area contributed by atoms with Gasteiger partial charge in [-0.05, 0) is 29.1 Å². The molecule has 7 nitrogen and oxygen atoms in total. The van der Waals surface area contributed by atoms with Gasteiger partial charge in [0.2, 0.25) is 0 Å². The topological polar surface area (TPSA) is 104 Å². The summed E-state index contributed by atoms with van der Waals surface area (Å²) >= 11 is 0. The SMILES string of the molecule is Nc1ccncc1-c1ccc(OCC2COCCOC2)c2ccccc12.O=CO. The highest BCUT2D eigenvalue weighted by Gasteiger charge is 2.16. The Morgan fingerprint density at radius 3 is 2.45 bits per heavy atom. The molecule has 4 rings (SSSR count). The van der Waals surface area contributed by atoms with Crippen LogP contribution in [0.4, 0.5) is 5.69 Å². The number of rotatable bonds is 4. The summed E-state index contributed by atoms with van der Waals surface area (Å²) in [5.74, 6) is 1.10. The number of benzene rings is 2. The number of ether oxygens (including phenoxy) is 3. The van der Waals surface area contributed by atoms with E-state index in [4.69, 9.17) is 29.8 Å². The molecule has 7 heteroatoms. The molecule has 29 heavy (non-hydrogen) atoms. The number of aromatic nitrogens is 1. The summed E-state index contributed by atoms with van der Waals surface area (Å²) < 4.78 is 17.2. The van der Waals surface area contributed by atoms with Crippen molar-refractivity contribution in [2.75, 3.05) is 38.8 Å². The van der Waals surface area contributed by atoms with Crippen molar-refractivity contribution in [1.82, 2.24) is 4.98 Å². The first-order valence-corrected chi connectivity index (χ1v) is 9.32. The standard InChI is InChI=1S/C21H22N2O3.CH2O2/c22-20-7-8-23-11-19(20)17-5-6-21(18-4-2-1-3-16(17)18)26-14-15-12-24-9-10-25-13-15;2-1-3/h1-8,11,15H,9-10,12-14H2,(H2,22,23);1H,(H,2,3). The minimum absolute atomic E-state index is 0.241. The number of nitrogen functional groups attached to an aromatic ring is 1. The summed E-state index contributed by atoms with van der Waals surface area (Å²) in [5, 5.41) is 9.04. The lowest BCUT2D eigenvalue weighted by molar-refractivity contribution is -0.122. The summed E-state index contributed by atoms with van der Waals surface area (Å²) in [5.41, 5.74) is 8.85. The van der Waals surface area contributed by atoms with Crippen molar-refractivity contribution in [2.45, 2.75) is 0 Å². The number of carbonyl (C=O) groups is 1. The van der Waals surface area contributed by atoms with Crippen molar-refractivity contribution in [3.05, 3.63) is 54.9 Å². The van der Waals surface area contributed by atoms with Crippen molar-refractivity contribution >= 4 is 22.9 Å². The van der Waals surface area contributed by atoms with E-state index in [1.54, 1.807) is 12.4 Å². The molecule has 0 unspecified atom stereocenters. The number of hydrogen-bond acceptors (Lipinski definition) is 6. The summed E-state index contributed by atoms with van der Waals surface area (Å²) in [4.78, 5) is 12.6. The van der Waals surface area contributed by atoms with Crippen LogP contribution in [0.25, 0.3) is 21.9 Å². The van der Waals surface area contributed by atoms with E-state index in [1.165, 1.54) is 0 Å². The number of pyridine rings is 1. The monoisotopic (exact) mass is 396 g/mol. The normalized spacial score (nSPS) is 14.5. The smallest absolute Gasteiger partial charge is 0.290 e. The fraction of sp³-hybridized carbons (Fsp3) is 0.273. The third kappa shape index (κ3) is 5.22. The van der Waals surface area contributed by atoms with E-state index in [2.05, 4.69) is 17.1 Å². The maximum Gasteiger partial charge on any atom is 0.290 e. The van der Waals surface area contributed by atoms with Gasteiger partial charge in [-0.2, -0.15) is 0 Å². The number of carboxylic acid groups (broad SMARTS) is 1. The van der Waals surface area contributed by atoms with Gasteiger partial charge in [-0.25, -0.2) is 0 Å². The van der Waals surface area contributed by atoms with Crippen LogP contribution >= 0.6 is 0 Å². The second kappa shape index (κ2) is 10.4. The Morgan fingerprint density at radius 1 is 1.07 bits per heavy atom. The molecule has 2 aromatic carbocycles. The van der Waals surface area contributed by atoms with Crippen LogP contribution in [0.3, 0.4) is 0 Å². The molecule has 2 heterocycles. The molecule has 0 aliphatic carbocycles. The van der Waals surface area contributed by atoms with Crippen molar-refractivity contribution in [3.63, 3.8) is 0 Å². The molecule has 0 saturated carbocycles. The lowest BCUT2D eigenvalue weighted by Crippen LogP contribution is -2.20. The van der Waals surface area contributed by atoms with E-state index in [0.29, 0.717) is 38.7 Å². The molecule has 0 amide bonds. The second-order valence-electron chi connectivity index (χ2n) is 6.55. The van der Waals surface area contributed by atoms with E-state index < -0.39 is 0 Å². The summed E-state index contributed by atoms with van der Waals surface area (Å²) in [7, 11) is 0. The zero-order chi connectivity index (χ0) is 20.5. The molecule has 1 aliphatic rings.